The minimum Gasteiger partial charge on any atom is -0.361 e. The zero-order valence-electron chi connectivity index (χ0n) is 12.4. The Bertz CT molecular complexity index is 649. The van der Waals surface area contributed by atoms with Gasteiger partial charge in [-0.05, 0) is 6.26 Å². The van der Waals surface area contributed by atoms with Gasteiger partial charge in [0.15, 0.2) is 10.7 Å². The van der Waals surface area contributed by atoms with Gasteiger partial charge in [0.1, 0.15) is 0 Å². The molecule has 0 amide bonds. The van der Waals surface area contributed by atoms with Crippen LogP contribution in [0.2, 0.25) is 0 Å². The third-order valence-corrected chi connectivity index (χ3v) is 5.49. The van der Waals surface area contributed by atoms with Gasteiger partial charge in [-0.1, -0.05) is 54.1 Å². The third-order valence-electron chi connectivity index (χ3n) is 3.66. The summed E-state index contributed by atoms with van der Waals surface area (Å²) in [5.41, 5.74) is -0.606. The molecule has 124 valence electrons. The van der Waals surface area contributed by atoms with Gasteiger partial charge in [0.05, 0.1) is 16.5 Å². The van der Waals surface area contributed by atoms with Crippen molar-refractivity contribution in [1.29, 1.82) is 0 Å². The van der Waals surface area contributed by atoms with Crippen molar-refractivity contribution in [3.05, 3.63) is 58.7 Å². The smallest absolute Gasteiger partial charge is 0.361 e. The molecular weight excluding hydrogens is 349 g/mol. The maximum atomic E-state index is 13.1. The second-order valence-corrected chi connectivity index (χ2v) is 6.26. The van der Waals surface area contributed by atoms with E-state index in [0.717, 1.165) is 17.8 Å². The molecule has 7 heteroatoms. The lowest BCUT2D eigenvalue weighted by Gasteiger charge is -2.39. The Hall–Kier alpha value is -1.24. The normalized spacial score (nSPS) is 24.9. The molecule has 0 radical (unpaired) electrons. The molecule has 0 N–H and O–H groups in total. The standard InChI is InChI=1S/C16H14ClF3O2S/c1-22-15(23-2)11(13(21)10-6-4-3-5-7-10)8-9-12(14(15)17)16(18,19)20/h3-9,11H,1-2H3. The van der Waals surface area contributed by atoms with Crippen LogP contribution < -0.4 is 0 Å². The van der Waals surface area contributed by atoms with Crippen molar-refractivity contribution in [2.24, 2.45) is 5.92 Å². The molecule has 1 aliphatic rings. The number of Topliss-reactive ketones (excluding diaryl/α,β-unsaturated/α-hetero) is 1. The Morgan fingerprint density at radius 1 is 1.30 bits per heavy atom. The van der Waals surface area contributed by atoms with Crippen LogP contribution in [0.25, 0.3) is 0 Å². The van der Waals surface area contributed by atoms with Gasteiger partial charge >= 0.3 is 6.18 Å². The minimum absolute atomic E-state index is 0.350. The average Bonchev–Trinajstić information content (AvgIpc) is 2.53. The lowest BCUT2D eigenvalue weighted by molar-refractivity contribution is -0.0907. The number of hydrogen-bond acceptors (Lipinski definition) is 3. The molecular formula is C16H14ClF3O2S. The maximum absolute atomic E-state index is 13.1. The number of methoxy groups -OCH3 is 1. The zero-order valence-corrected chi connectivity index (χ0v) is 13.9. The maximum Gasteiger partial charge on any atom is 0.417 e. The molecule has 1 aromatic rings. The highest BCUT2D eigenvalue weighted by Crippen LogP contribution is 2.50. The summed E-state index contributed by atoms with van der Waals surface area (Å²) in [6, 6.07) is 8.33. The Morgan fingerprint density at radius 3 is 2.39 bits per heavy atom. The average molecular weight is 363 g/mol. The number of thioether (sulfide) groups is 1. The summed E-state index contributed by atoms with van der Waals surface area (Å²) in [5, 5.41) is -0.517. The van der Waals surface area contributed by atoms with Gasteiger partial charge in [-0.25, -0.2) is 0 Å². The van der Waals surface area contributed by atoms with Crippen molar-refractivity contribution in [1.82, 2.24) is 0 Å². The quantitative estimate of drug-likeness (QED) is 0.567. The lowest BCUT2D eigenvalue weighted by Crippen LogP contribution is -2.44. The summed E-state index contributed by atoms with van der Waals surface area (Å²) in [6.45, 7) is 0. The Labute approximate surface area is 141 Å². The van der Waals surface area contributed by atoms with E-state index in [4.69, 9.17) is 16.3 Å². The zero-order chi connectivity index (χ0) is 17.3. The number of hydrogen-bond donors (Lipinski definition) is 0. The van der Waals surface area contributed by atoms with Gasteiger partial charge in [-0.3, -0.25) is 4.79 Å². The summed E-state index contributed by atoms with van der Waals surface area (Å²) >= 11 is 7.00. The van der Waals surface area contributed by atoms with Crippen molar-refractivity contribution in [2.75, 3.05) is 13.4 Å². The number of allylic oxidation sites excluding steroid dienone is 2. The molecule has 0 spiro atoms. The summed E-state index contributed by atoms with van der Waals surface area (Å²) in [4.78, 5) is 11.1. The number of ketones is 1. The first-order valence-electron chi connectivity index (χ1n) is 6.63. The van der Waals surface area contributed by atoms with E-state index in [9.17, 15) is 18.0 Å². The van der Waals surface area contributed by atoms with Crippen LogP contribution in [0.5, 0.6) is 0 Å². The van der Waals surface area contributed by atoms with E-state index in [1.165, 1.54) is 13.2 Å². The Kier molecular flexibility index (Phi) is 5.28. The molecule has 1 aromatic carbocycles. The first-order chi connectivity index (χ1) is 10.8. The molecule has 0 saturated heterocycles. The highest BCUT2D eigenvalue weighted by Gasteiger charge is 2.51. The van der Waals surface area contributed by atoms with Gasteiger partial charge in [0.25, 0.3) is 0 Å². The Balaban J connectivity index is 2.53. The van der Waals surface area contributed by atoms with Crippen LogP contribution in [0.1, 0.15) is 10.4 Å². The second kappa shape index (κ2) is 6.71. The molecule has 0 bridgehead atoms. The summed E-state index contributed by atoms with van der Waals surface area (Å²) in [6.07, 6.45) is -0.996. The summed E-state index contributed by atoms with van der Waals surface area (Å²) < 4.78 is 44.7. The van der Waals surface area contributed by atoms with E-state index in [1.54, 1.807) is 36.6 Å². The van der Waals surface area contributed by atoms with Crippen LogP contribution in [-0.2, 0) is 4.74 Å². The van der Waals surface area contributed by atoms with E-state index in [0.29, 0.717) is 5.56 Å². The first kappa shape index (κ1) is 18.1. The molecule has 0 heterocycles. The van der Waals surface area contributed by atoms with Crippen LogP contribution in [0.3, 0.4) is 0 Å². The third kappa shape index (κ3) is 3.20. The predicted octanol–water partition coefficient (Wildman–Crippen LogP) is 4.82. The fourth-order valence-corrected chi connectivity index (χ4v) is 3.99. The number of ether oxygens (including phenoxy) is 1. The monoisotopic (exact) mass is 362 g/mol. The number of rotatable bonds is 4. The fourth-order valence-electron chi connectivity index (χ4n) is 2.49. The van der Waals surface area contributed by atoms with Gasteiger partial charge in [0.2, 0.25) is 0 Å². The predicted molar refractivity (Wildman–Crippen MR) is 85.6 cm³/mol. The van der Waals surface area contributed by atoms with Crippen LogP contribution in [0.4, 0.5) is 13.2 Å². The van der Waals surface area contributed by atoms with Crippen LogP contribution >= 0.6 is 23.4 Å². The van der Waals surface area contributed by atoms with Gasteiger partial charge in [-0.15, -0.1) is 11.8 Å². The highest BCUT2D eigenvalue weighted by atomic mass is 35.5. The minimum atomic E-state index is -4.62. The molecule has 2 rings (SSSR count). The number of carbonyl (C=O) groups is 1. The summed E-state index contributed by atoms with van der Waals surface area (Å²) in [7, 11) is 1.25. The van der Waals surface area contributed by atoms with E-state index in [1.807, 2.05) is 0 Å². The molecule has 0 aliphatic heterocycles. The fraction of sp³-hybridized carbons (Fsp3) is 0.312. The Morgan fingerprint density at radius 2 is 1.91 bits per heavy atom. The lowest BCUT2D eigenvalue weighted by atomic mass is 9.86. The molecule has 0 aromatic heterocycles. The van der Waals surface area contributed by atoms with Gasteiger partial charge < -0.3 is 4.74 Å². The van der Waals surface area contributed by atoms with E-state index < -0.39 is 27.6 Å². The first-order valence-corrected chi connectivity index (χ1v) is 8.23. The summed E-state index contributed by atoms with van der Waals surface area (Å²) in [5.74, 6) is -1.30. The second-order valence-electron chi connectivity index (χ2n) is 4.87. The highest BCUT2D eigenvalue weighted by molar-refractivity contribution is 8.00. The molecule has 2 atom stereocenters. The van der Waals surface area contributed by atoms with Crippen molar-refractivity contribution in [2.45, 2.75) is 11.1 Å². The van der Waals surface area contributed by atoms with E-state index in [2.05, 4.69) is 0 Å². The van der Waals surface area contributed by atoms with Crippen molar-refractivity contribution in [3.8, 4) is 0 Å². The molecule has 2 nitrogen and oxygen atoms in total. The van der Waals surface area contributed by atoms with E-state index >= 15 is 0 Å². The van der Waals surface area contributed by atoms with Crippen LogP contribution in [-0.4, -0.2) is 30.3 Å². The number of benzene rings is 1. The van der Waals surface area contributed by atoms with E-state index in [-0.39, 0.29) is 5.78 Å². The molecule has 2 unspecified atom stereocenters. The van der Waals surface area contributed by atoms with Crippen LogP contribution in [0, 0.1) is 5.92 Å². The van der Waals surface area contributed by atoms with Crippen LogP contribution in [0.15, 0.2) is 53.1 Å². The topological polar surface area (TPSA) is 26.3 Å². The van der Waals surface area contributed by atoms with Gasteiger partial charge in [-0.2, -0.15) is 13.2 Å². The van der Waals surface area contributed by atoms with Crippen molar-refractivity contribution >= 4 is 29.1 Å². The number of alkyl halides is 3. The van der Waals surface area contributed by atoms with Gasteiger partial charge in [0, 0.05) is 12.7 Å². The number of halogens is 4. The molecule has 0 fully saturated rings. The largest absolute Gasteiger partial charge is 0.417 e. The molecule has 0 saturated carbocycles. The number of carbonyl (C=O) groups excluding carboxylic acids is 1. The molecule has 23 heavy (non-hydrogen) atoms. The SMILES string of the molecule is COC1(SC)C(Cl)=C(C(F)(F)F)C=CC1C(=O)c1ccccc1. The van der Waals surface area contributed by atoms with Crippen molar-refractivity contribution < 1.29 is 22.7 Å². The molecule has 1 aliphatic carbocycles. The van der Waals surface area contributed by atoms with Crippen molar-refractivity contribution in [3.63, 3.8) is 0 Å².